The third kappa shape index (κ3) is 7.54. The van der Waals surface area contributed by atoms with Crippen molar-refractivity contribution in [3.05, 3.63) is 45.6 Å². The molecule has 0 amide bonds. The second-order valence-electron chi connectivity index (χ2n) is 8.25. The molecule has 0 saturated carbocycles. The minimum absolute atomic E-state index is 0. The quantitative estimate of drug-likeness (QED) is 0.377. The van der Waals surface area contributed by atoms with E-state index in [2.05, 4.69) is 95.2 Å². The third-order valence-electron chi connectivity index (χ3n) is 5.62. The topological polar surface area (TPSA) is 0 Å². The molecule has 0 aromatic rings. The van der Waals surface area contributed by atoms with Crippen molar-refractivity contribution in [2.45, 2.75) is 95.9 Å². The molecule has 2 aliphatic carbocycles. The van der Waals surface area contributed by atoms with Crippen molar-refractivity contribution < 1.29 is 26.2 Å². The van der Waals surface area contributed by atoms with E-state index in [1.165, 1.54) is 46.3 Å². The normalized spacial score (nSPS) is 20.0. The van der Waals surface area contributed by atoms with E-state index in [0.717, 1.165) is 0 Å². The second kappa shape index (κ2) is 10.9. The Morgan fingerprint density at radius 2 is 0.840 bits per heavy atom. The van der Waals surface area contributed by atoms with Gasteiger partial charge in [0, 0.05) is 0 Å². The summed E-state index contributed by atoms with van der Waals surface area (Å²) in [5.74, 6) is 0. The summed E-state index contributed by atoms with van der Waals surface area (Å²) in [7, 11) is 0. The van der Waals surface area contributed by atoms with Crippen molar-refractivity contribution in [2.24, 2.45) is 10.8 Å². The molecular weight excluding hydrogens is 379 g/mol. The molecule has 0 heterocycles. The van der Waals surface area contributed by atoms with Gasteiger partial charge in [-0.05, 0) is 0 Å². The summed E-state index contributed by atoms with van der Waals surface area (Å²) in [6, 6.07) is 0. The van der Waals surface area contributed by atoms with E-state index in [0.29, 0.717) is 0 Å². The molecule has 25 heavy (non-hydrogen) atoms. The molecule has 0 radical (unpaired) electrons. The number of allylic oxidation sites excluding steroid dienone is 8. The van der Waals surface area contributed by atoms with Crippen molar-refractivity contribution in [1.29, 1.82) is 0 Å². The van der Waals surface area contributed by atoms with Crippen LogP contribution in [0.15, 0.2) is 33.4 Å². The number of hydrogen-bond donors (Lipinski definition) is 0. The molecule has 1 heteroatoms. The molecule has 0 fully saturated rings. The van der Waals surface area contributed by atoms with Gasteiger partial charge in [0.1, 0.15) is 0 Å². The minimum atomic E-state index is 0. The number of unbranched alkanes of at least 4 members (excludes halogenated alkanes) is 1. The maximum atomic E-state index is 3.44. The van der Waals surface area contributed by atoms with Crippen LogP contribution in [-0.2, 0) is 26.2 Å². The van der Waals surface area contributed by atoms with Crippen LogP contribution >= 0.6 is 0 Å². The zero-order chi connectivity index (χ0) is 19.3. The van der Waals surface area contributed by atoms with E-state index in [-0.39, 0.29) is 37.0 Å². The SMILES string of the molecule is CC1=[C-]C(C)(C)C(C)=C1C.CC1=[C-]C(C)(C)C(C)=C1C.CCCC.[Zr+2]. The summed E-state index contributed by atoms with van der Waals surface area (Å²) < 4.78 is 0. The molecule has 0 bridgehead atoms. The maximum Gasteiger partial charge on any atom is 2.00 e. The summed E-state index contributed by atoms with van der Waals surface area (Å²) >= 11 is 0. The van der Waals surface area contributed by atoms with Gasteiger partial charge in [-0.2, -0.15) is 22.3 Å². The van der Waals surface area contributed by atoms with Crippen LogP contribution < -0.4 is 0 Å². The molecule has 140 valence electrons. The Balaban J connectivity index is 0. The van der Waals surface area contributed by atoms with Crippen molar-refractivity contribution in [3.63, 3.8) is 0 Å². The van der Waals surface area contributed by atoms with Gasteiger partial charge in [-0.15, -0.1) is 13.8 Å². The minimum Gasteiger partial charge on any atom is -0.263 e. The van der Waals surface area contributed by atoms with Crippen molar-refractivity contribution >= 4 is 0 Å². The predicted octanol–water partition coefficient (Wildman–Crippen LogP) is 8.03. The van der Waals surface area contributed by atoms with E-state index >= 15 is 0 Å². The third-order valence-corrected chi connectivity index (χ3v) is 5.62. The Morgan fingerprint density at radius 3 is 0.880 bits per heavy atom. The monoisotopic (exact) mass is 418 g/mol. The van der Waals surface area contributed by atoms with Crippen LogP contribution in [0.5, 0.6) is 0 Å². The molecule has 2 rings (SSSR count). The van der Waals surface area contributed by atoms with Gasteiger partial charge in [-0.25, -0.2) is 11.1 Å². The van der Waals surface area contributed by atoms with E-state index in [9.17, 15) is 0 Å². The summed E-state index contributed by atoms with van der Waals surface area (Å²) in [6.45, 7) is 26.2. The fraction of sp³-hybridized carbons (Fsp3) is 0.667. The van der Waals surface area contributed by atoms with Gasteiger partial charge in [0.05, 0.1) is 0 Å². The second-order valence-corrected chi connectivity index (χ2v) is 8.25. The predicted molar refractivity (Wildman–Crippen MR) is 110 cm³/mol. The standard InChI is InChI=1S/2C10H15.C4H10.Zr/c2*1-7-6-10(4,5)9(3)8(7)2;1-3-4-2;/h2*1-5H3;3-4H2,1-2H3;/q2*-1;;+2. The van der Waals surface area contributed by atoms with E-state index in [4.69, 9.17) is 0 Å². The first-order valence-electron chi connectivity index (χ1n) is 9.41. The first-order valence-corrected chi connectivity index (χ1v) is 9.41. The Hall–Kier alpha value is -0.157. The van der Waals surface area contributed by atoms with Gasteiger partial charge < -0.3 is 0 Å². The Labute approximate surface area is 178 Å². The van der Waals surface area contributed by atoms with Crippen LogP contribution in [0.3, 0.4) is 0 Å². The van der Waals surface area contributed by atoms with Crippen LogP contribution in [-0.4, -0.2) is 0 Å². The smallest absolute Gasteiger partial charge is 0.263 e. The molecule has 0 nitrogen and oxygen atoms in total. The largest absolute Gasteiger partial charge is 2.00 e. The zero-order valence-corrected chi connectivity index (χ0v) is 21.4. The first-order chi connectivity index (χ1) is 10.8. The molecule has 0 atom stereocenters. The van der Waals surface area contributed by atoms with Crippen molar-refractivity contribution in [1.82, 2.24) is 0 Å². The van der Waals surface area contributed by atoms with E-state index in [1.54, 1.807) is 0 Å². The van der Waals surface area contributed by atoms with E-state index in [1.807, 2.05) is 0 Å². The molecule has 0 aromatic heterocycles. The molecular formula is C24H40Zr. The average Bonchev–Trinajstić information content (AvgIpc) is 2.78. The summed E-state index contributed by atoms with van der Waals surface area (Å²) in [5, 5.41) is 0. The maximum absolute atomic E-state index is 3.44. The molecule has 0 N–H and O–H groups in total. The summed E-state index contributed by atoms with van der Waals surface area (Å²) in [4.78, 5) is 0. The van der Waals surface area contributed by atoms with Crippen LogP contribution in [0.2, 0.25) is 0 Å². The molecule has 0 saturated heterocycles. The Bertz CT molecular complexity index is 511. The van der Waals surface area contributed by atoms with Gasteiger partial charge in [0.15, 0.2) is 0 Å². The van der Waals surface area contributed by atoms with Gasteiger partial charge in [0.2, 0.25) is 0 Å². The summed E-state index contributed by atoms with van der Waals surface area (Å²) in [6.07, 6.45) is 9.51. The Morgan fingerprint density at radius 1 is 0.600 bits per heavy atom. The van der Waals surface area contributed by atoms with Crippen LogP contribution in [0.4, 0.5) is 0 Å². The van der Waals surface area contributed by atoms with Gasteiger partial charge in [0.25, 0.3) is 0 Å². The fourth-order valence-electron chi connectivity index (χ4n) is 2.81. The average molecular weight is 420 g/mol. The van der Waals surface area contributed by atoms with E-state index < -0.39 is 0 Å². The summed E-state index contributed by atoms with van der Waals surface area (Å²) in [5.41, 5.74) is 8.79. The van der Waals surface area contributed by atoms with Gasteiger partial charge in [-0.3, -0.25) is 12.2 Å². The zero-order valence-electron chi connectivity index (χ0n) is 18.9. The molecule has 2 aliphatic rings. The van der Waals surface area contributed by atoms with Crippen LogP contribution in [0, 0.1) is 23.0 Å². The Kier molecular flexibility index (Phi) is 11.8. The van der Waals surface area contributed by atoms with Crippen LogP contribution in [0.25, 0.3) is 0 Å². The van der Waals surface area contributed by atoms with Crippen molar-refractivity contribution in [3.8, 4) is 0 Å². The number of hydrogen-bond acceptors (Lipinski definition) is 0. The van der Waals surface area contributed by atoms with Crippen LogP contribution in [0.1, 0.15) is 95.9 Å². The molecule has 0 unspecified atom stereocenters. The number of rotatable bonds is 1. The first kappa shape index (κ1) is 27.1. The van der Waals surface area contributed by atoms with Crippen molar-refractivity contribution in [2.75, 3.05) is 0 Å². The molecule has 0 aliphatic heterocycles. The fourth-order valence-corrected chi connectivity index (χ4v) is 2.81. The van der Waals surface area contributed by atoms with Gasteiger partial charge >= 0.3 is 26.2 Å². The molecule has 0 spiro atoms. The van der Waals surface area contributed by atoms with Gasteiger partial charge in [-0.1, -0.05) is 92.9 Å². The molecule has 0 aromatic carbocycles.